The third kappa shape index (κ3) is 8.22. The van der Waals surface area contributed by atoms with Gasteiger partial charge in [0.25, 0.3) is 0 Å². The summed E-state index contributed by atoms with van der Waals surface area (Å²) in [5.74, 6) is -1.16. The molecule has 4 heteroatoms. The summed E-state index contributed by atoms with van der Waals surface area (Å²) in [6.45, 7) is 6.02. The van der Waals surface area contributed by atoms with Crippen LogP contribution >= 0.6 is 0 Å². The fourth-order valence-electron chi connectivity index (χ4n) is 7.78. The molecule has 3 aromatic carbocycles. The average molecular weight is 631 g/mol. The first kappa shape index (κ1) is 34.2. The molecule has 1 fully saturated rings. The van der Waals surface area contributed by atoms with Crippen LogP contribution < -0.4 is 0 Å². The van der Waals surface area contributed by atoms with Crippen molar-refractivity contribution in [3.8, 4) is 22.3 Å². The number of aryl methyl sites for hydroxylation is 1. The summed E-state index contributed by atoms with van der Waals surface area (Å²) in [4.78, 5) is 0. The Balaban J connectivity index is 1.21. The smallest absolute Gasteiger partial charge is 0.167 e. The maximum atomic E-state index is 15.5. The van der Waals surface area contributed by atoms with E-state index in [0.717, 1.165) is 62.4 Å². The van der Waals surface area contributed by atoms with Gasteiger partial charge in [0.05, 0.1) is 0 Å². The molecule has 0 aliphatic heterocycles. The molecule has 46 heavy (non-hydrogen) atoms. The van der Waals surface area contributed by atoms with E-state index in [1.807, 2.05) is 6.08 Å². The second kappa shape index (κ2) is 16.6. The molecule has 3 aromatic rings. The molecule has 5 rings (SSSR count). The Kier molecular flexibility index (Phi) is 12.4. The summed E-state index contributed by atoms with van der Waals surface area (Å²) < 4.78 is 60.9. The molecular weight excluding hydrogens is 580 g/mol. The van der Waals surface area contributed by atoms with Gasteiger partial charge in [0.1, 0.15) is 0 Å². The minimum atomic E-state index is -0.873. The molecule has 0 N–H and O–H groups in total. The van der Waals surface area contributed by atoms with E-state index in [1.165, 1.54) is 51.4 Å². The summed E-state index contributed by atoms with van der Waals surface area (Å²) in [6, 6.07) is 13.2. The molecule has 246 valence electrons. The van der Waals surface area contributed by atoms with Crippen molar-refractivity contribution in [1.82, 2.24) is 0 Å². The normalized spacial score (nSPS) is 20.0. The van der Waals surface area contributed by atoms with Gasteiger partial charge in [0, 0.05) is 16.7 Å². The fraction of sp³-hybridized carbons (Fsp3) is 0.476. The topological polar surface area (TPSA) is 0 Å². The Labute approximate surface area is 274 Å². The Bertz CT molecular complexity index is 1480. The third-order valence-electron chi connectivity index (χ3n) is 10.7. The highest BCUT2D eigenvalue weighted by molar-refractivity contribution is 5.74. The van der Waals surface area contributed by atoms with Crippen LogP contribution in [0.15, 0.2) is 67.3 Å². The molecule has 0 aromatic heterocycles. The zero-order valence-corrected chi connectivity index (χ0v) is 27.5. The number of halogens is 4. The van der Waals surface area contributed by atoms with Crippen LogP contribution in [-0.4, -0.2) is 0 Å². The van der Waals surface area contributed by atoms with Crippen molar-refractivity contribution in [2.45, 2.75) is 110 Å². The lowest BCUT2D eigenvalue weighted by atomic mass is 9.70. The van der Waals surface area contributed by atoms with E-state index >= 15 is 13.2 Å². The minimum Gasteiger partial charge on any atom is -0.203 e. The van der Waals surface area contributed by atoms with Crippen molar-refractivity contribution in [3.63, 3.8) is 0 Å². The first-order valence-electron chi connectivity index (χ1n) is 17.8. The predicted molar refractivity (Wildman–Crippen MR) is 184 cm³/mol. The van der Waals surface area contributed by atoms with Gasteiger partial charge < -0.3 is 0 Å². The lowest BCUT2D eigenvalue weighted by Crippen LogP contribution is -2.23. The van der Waals surface area contributed by atoms with E-state index in [-0.39, 0.29) is 11.1 Å². The van der Waals surface area contributed by atoms with Crippen molar-refractivity contribution >= 4 is 5.57 Å². The quantitative estimate of drug-likeness (QED) is 0.0944. The highest BCUT2D eigenvalue weighted by atomic mass is 19.2. The van der Waals surface area contributed by atoms with E-state index in [2.05, 4.69) is 19.6 Å². The number of hydrogen-bond acceptors (Lipinski definition) is 0. The lowest BCUT2D eigenvalue weighted by Gasteiger charge is -2.35. The monoisotopic (exact) mass is 630 g/mol. The van der Waals surface area contributed by atoms with E-state index in [9.17, 15) is 4.39 Å². The molecule has 0 nitrogen and oxygen atoms in total. The SMILES string of the molecule is C=CCCC1CCC(C2CC=C(c3ccc(-c4ccc(-c5ccc(CCCCCCCC)c(F)c5F)cc4)c(F)c3F)CC2)CC1. The van der Waals surface area contributed by atoms with Gasteiger partial charge in [-0.25, -0.2) is 17.6 Å². The van der Waals surface area contributed by atoms with Crippen LogP contribution in [0.2, 0.25) is 0 Å². The van der Waals surface area contributed by atoms with Crippen LogP contribution in [0.4, 0.5) is 17.6 Å². The largest absolute Gasteiger partial charge is 0.203 e. The van der Waals surface area contributed by atoms with Crippen LogP contribution in [-0.2, 0) is 6.42 Å². The predicted octanol–water partition coefficient (Wildman–Crippen LogP) is 13.4. The highest BCUT2D eigenvalue weighted by Gasteiger charge is 2.29. The number of allylic oxidation sites excluding steroid dienone is 3. The molecule has 1 unspecified atom stereocenters. The summed E-state index contributed by atoms with van der Waals surface area (Å²) in [6.07, 6.45) is 21.4. The summed E-state index contributed by atoms with van der Waals surface area (Å²) in [7, 11) is 0. The molecule has 0 amide bonds. The maximum absolute atomic E-state index is 15.5. The first-order chi connectivity index (χ1) is 22.4. The van der Waals surface area contributed by atoms with Crippen LogP contribution in [0.5, 0.6) is 0 Å². The molecule has 2 aliphatic carbocycles. The number of benzene rings is 3. The average Bonchev–Trinajstić information content (AvgIpc) is 3.09. The molecule has 1 saturated carbocycles. The number of hydrogen-bond donors (Lipinski definition) is 0. The molecule has 2 aliphatic rings. The number of unbranched alkanes of at least 4 members (excludes halogenated alkanes) is 5. The van der Waals surface area contributed by atoms with Crippen molar-refractivity contribution in [3.05, 3.63) is 102 Å². The van der Waals surface area contributed by atoms with Gasteiger partial charge in [-0.05, 0) is 97.8 Å². The van der Waals surface area contributed by atoms with Crippen LogP contribution in [0.1, 0.15) is 114 Å². The third-order valence-corrected chi connectivity index (χ3v) is 10.7. The van der Waals surface area contributed by atoms with Crippen molar-refractivity contribution in [2.75, 3.05) is 0 Å². The standard InChI is InChI=1S/C42H50F4/c1-3-5-7-8-9-10-12-35-25-26-36(40(44)39(35)43)33-21-23-34(24-22-33)38-28-27-37(41(45)42(38)46)32-19-17-31(18-20-32)30-15-13-29(14-16-30)11-6-4-2/h4,19,21-31H,2-3,5-18,20H2,1H3. The maximum Gasteiger partial charge on any atom is 0.167 e. The van der Waals surface area contributed by atoms with Gasteiger partial charge in [-0.15, -0.1) is 6.58 Å². The van der Waals surface area contributed by atoms with E-state index in [0.29, 0.717) is 34.6 Å². The van der Waals surface area contributed by atoms with Crippen molar-refractivity contribution < 1.29 is 17.6 Å². The van der Waals surface area contributed by atoms with Gasteiger partial charge in [-0.3, -0.25) is 0 Å². The number of rotatable bonds is 14. The van der Waals surface area contributed by atoms with Gasteiger partial charge >= 0.3 is 0 Å². The Morgan fingerprint density at radius 2 is 1.24 bits per heavy atom. The van der Waals surface area contributed by atoms with Gasteiger partial charge in [-0.2, -0.15) is 0 Å². The Morgan fingerprint density at radius 3 is 1.87 bits per heavy atom. The molecule has 0 radical (unpaired) electrons. The summed E-state index contributed by atoms with van der Waals surface area (Å²) >= 11 is 0. The van der Waals surface area contributed by atoms with Crippen molar-refractivity contribution in [2.24, 2.45) is 17.8 Å². The summed E-state index contributed by atoms with van der Waals surface area (Å²) in [5.41, 5.74) is 2.97. The fourth-order valence-corrected chi connectivity index (χ4v) is 7.78. The summed E-state index contributed by atoms with van der Waals surface area (Å²) in [5, 5.41) is 0. The minimum absolute atomic E-state index is 0.163. The van der Waals surface area contributed by atoms with Gasteiger partial charge in [-0.1, -0.05) is 113 Å². The highest BCUT2D eigenvalue weighted by Crippen LogP contribution is 2.43. The molecule has 0 heterocycles. The first-order valence-corrected chi connectivity index (χ1v) is 17.8. The van der Waals surface area contributed by atoms with E-state index < -0.39 is 23.3 Å². The van der Waals surface area contributed by atoms with Crippen LogP contribution in [0.25, 0.3) is 27.8 Å². The lowest BCUT2D eigenvalue weighted by molar-refractivity contribution is 0.190. The molecular formula is C42H50F4. The van der Waals surface area contributed by atoms with Gasteiger partial charge in [0.2, 0.25) is 0 Å². The van der Waals surface area contributed by atoms with E-state index in [1.54, 1.807) is 48.5 Å². The molecule has 0 saturated heterocycles. The molecule has 0 spiro atoms. The Morgan fingerprint density at radius 1 is 0.652 bits per heavy atom. The van der Waals surface area contributed by atoms with Crippen LogP contribution in [0, 0.1) is 41.0 Å². The Hall–Kier alpha value is -3.14. The van der Waals surface area contributed by atoms with Crippen molar-refractivity contribution in [1.29, 1.82) is 0 Å². The second-order valence-corrected chi connectivity index (χ2v) is 13.7. The van der Waals surface area contributed by atoms with Gasteiger partial charge in [0.15, 0.2) is 23.3 Å². The molecule has 0 bridgehead atoms. The zero-order chi connectivity index (χ0) is 32.5. The second-order valence-electron chi connectivity index (χ2n) is 13.7. The molecule has 1 atom stereocenters. The van der Waals surface area contributed by atoms with E-state index in [4.69, 9.17) is 0 Å². The zero-order valence-electron chi connectivity index (χ0n) is 27.5. The van der Waals surface area contributed by atoms with Crippen LogP contribution in [0.3, 0.4) is 0 Å².